The van der Waals surface area contributed by atoms with Crippen LogP contribution in [0.1, 0.15) is 16.1 Å². The van der Waals surface area contributed by atoms with Crippen molar-refractivity contribution in [2.75, 3.05) is 0 Å². The minimum Gasteiger partial charge on any atom is -0.298 e. The third-order valence-electron chi connectivity index (χ3n) is 5.63. The van der Waals surface area contributed by atoms with Gasteiger partial charge in [-0.3, -0.25) is 14.2 Å². The normalized spacial score (nSPS) is 11.4. The first-order valence-electron chi connectivity index (χ1n) is 10.8. The molecule has 0 saturated carbocycles. The monoisotopic (exact) mass is 482 g/mol. The van der Waals surface area contributed by atoms with Crippen LogP contribution >= 0.6 is 11.6 Å². The van der Waals surface area contributed by atoms with Gasteiger partial charge in [0.15, 0.2) is 11.4 Å². The molecule has 0 amide bonds. The topological polar surface area (TPSA) is 77.5 Å². The number of hydrogen-bond acceptors (Lipinski definition) is 5. The van der Waals surface area contributed by atoms with Crippen LogP contribution in [0, 0.1) is 5.82 Å². The molecule has 0 spiro atoms. The van der Waals surface area contributed by atoms with Crippen molar-refractivity contribution in [2.45, 2.75) is 6.42 Å². The summed E-state index contributed by atoms with van der Waals surface area (Å²) in [7, 11) is 0. The Hall–Kier alpha value is -4.43. The number of imidazole rings is 2. The predicted octanol–water partition coefficient (Wildman–Crippen LogP) is 5.32. The maximum Gasteiger partial charge on any atom is 0.170 e. The van der Waals surface area contributed by atoms with Crippen LogP contribution in [-0.2, 0) is 6.42 Å². The molecular weight excluding hydrogens is 467 g/mol. The molecule has 5 heterocycles. The van der Waals surface area contributed by atoms with Crippen molar-refractivity contribution >= 4 is 28.7 Å². The largest absolute Gasteiger partial charge is 0.298 e. The Kier molecular flexibility index (Phi) is 5.08. The summed E-state index contributed by atoms with van der Waals surface area (Å²) in [6, 6.07) is 17.2. The Morgan fingerprint density at radius 2 is 1.83 bits per heavy atom. The molecule has 5 aromatic heterocycles. The van der Waals surface area contributed by atoms with E-state index < -0.39 is 0 Å². The van der Waals surface area contributed by atoms with Gasteiger partial charge in [0, 0.05) is 29.7 Å². The molecule has 0 aliphatic carbocycles. The zero-order chi connectivity index (χ0) is 23.9. The molecule has 9 heteroatoms. The van der Waals surface area contributed by atoms with Gasteiger partial charge < -0.3 is 0 Å². The maximum atomic E-state index is 13.5. The van der Waals surface area contributed by atoms with Crippen molar-refractivity contribution in [2.24, 2.45) is 0 Å². The Bertz CT molecular complexity index is 1720. The maximum absolute atomic E-state index is 13.5. The number of Topliss-reactive ketones (excluding diaryl/α,β-unsaturated/α-hetero) is 1. The number of halogens is 2. The van der Waals surface area contributed by atoms with Crippen LogP contribution < -0.4 is 0 Å². The van der Waals surface area contributed by atoms with E-state index in [1.807, 2.05) is 40.9 Å². The average Bonchev–Trinajstić information content (AvgIpc) is 3.44. The van der Waals surface area contributed by atoms with E-state index in [0.29, 0.717) is 33.3 Å². The second-order valence-electron chi connectivity index (χ2n) is 7.99. The first-order valence-corrected chi connectivity index (χ1v) is 11.2. The molecule has 0 unspecified atom stereocenters. The first-order chi connectivity index (χ1) is 17.0. The lowest BCUT2D eigenvalue weighted by atomic mass is 10.1. The Morgan fingerprint density at radius 3 is 2.66 bits per heavy atom. The average molecular weight is 483 g/mol. The molecule has 7 nitrogen and oxygen atoms in total. The van der Waals surface area contributed by atoms with E-state index in [9.17, 15) is 9.18 Å². The number of pyridine rings is 2. The minimum atomic E-state index is -0.312. The first kappa shape index (κ1) is 21.1. The number of aromatic nitrogens is 6. The summed E-state index contributed by atoms with van der Waals surface area (Å²) in [5, 5.41) is 5.17. The molecule has 6 rings (SSSR count). The van der Waals surface area contributed by atoms with Crippen LogP contribution in [0.5, 0.6) is 0 Å². The number of hydrogen-bond donors (Lipinski definition) is 0. The highest BCUT2D eigenvalue weighted by molar-refractivity contribution is 6.30. The third-order valence-corrected chi connectivity index (χ3v) is 5.84. The number of carbonyl (C=O) groups excluding carboxylic acids is 1. The second-order valence-corrected chi connectivity index (χ2v) is 8.43. The van der Waals surface area contributed by atoms with Gasteiger partial charge in [-0.2, -0.15) is 5.10 Å². The van der Waals surface area contributed by atoms with Crippen molar-refractivity contribution in [3.8, 4) is 22.6 Å². The molecule has 0 aliphatic rings. The summed E-state index contributed by atoms with van der Waals surface area (Å²) in [5.74, 6) is -0.448. The number of fused-ring (bicyclic) bond motifs is 2. The Labute approximate surface area is 203 Å². The van der Waals surface area contributed by atoms with Gasteiger partial charge in [-0.1, -0.05) is 17.7 Å². The fourth-order valence-electron chi connectivity index (χ4n) is 4.02. The highest BCUT2D eigenvalue weighted by atomic mass is 35.5. The van der Waals surface area contributed by atoms with E-state index >= 15 is 0 Å². The predicted molar refractivity (Wildman–Crippen MR) is 130 cm³/mol. The van der Waals surface area contributed by atoms with Crippen molar-refractivity contribution in [3.05, 3.63) is 108 Å². The van der Waals surface area contributed by atoms with E-state index in [1.54, 1.807) is 28.9 Å². The molecular formula is C26H16ClFN6O. The number of carbonyl (C=O) groups is 1. The zero-order valence-electron chi connectivity index (χ0n) is 18.1. The van der Waals surface area contributed by atoms with E-state index in [0.717, 1.165) is 16.9 Å². The lowest BCUT2D eigenvalue weighted by Crippen LogP contribution is -2.04. The van der Waals surface area contributed by atoms with Gasteiger partial charge in [0.1, 0.15) is 22.9 Å². The summed E-state index contributed by atoms with van der Waals surface area (Å²) in [4.78, 5) is 25.9. The molecule has 170 valence electrons. The van der Waals surface area contributed by atoms with Gasteiger partial charge in [-0.25, -0.2) is 18.9 Å². The van der Waals surface area contributed by atoms with Crippen LogP contribution in [0.15, 0.2) is 85.5 Å². The molecule has 0 atom stereocenters. The van der Waals surface area contributed by atoms with Gasteiger partial charge in [0.2, 0.25) is 0 Å². The molecule has 1 aromatic carbocycles. The molecule has 35 heavy (non-hydrogen) atoms. The Balaban J connectivity index is 1.41. The smallest absolute Gasteiger partial charge is 0.170 e. The van der Waals surface area contributed by atoms with Gasteiger partial charge in [-0.15, -0.1) is 0 Å². The number of nitrogens with zero attached hydrogens (tertiary/aromatic N) is 6. The molecule has 0 radical (unpaired) electrons. The lowest BCUT2D eigenvalue weighted by Gasteiger charge is -2.05. The molecule has 6 aromatic rings. The van der Waals surface area contributed by atoms with Crippen LogP contribution in [0.25, 0.3) is 33.9 Å². The van der Waals surface area contributed by atoms with Crippen LogP contribution in [0.2, 0.25) is 5.02 Å². The van der Waals surface area contributed by atoms with Crippen LogP contribution in [-0.4, -0.2) is 34.7 Å². The Morgan fingerprint density at radius 1 is 0.971 bits per heavy atom. The van der Waals surface area contributed by atoms with E-state index in [-0.39, 0.29) is 18.0 Å². The standard InChI is InChI=1S/C26H16ClFN6O/c27-18-11-17(13-29-14-18)22(35)12-20-15-34-24(30-20)9-8-21(32-34)26-25(16-4-6-19(28)7-5-16)31-23-3-1-2-10-33(23)26/h1-11,13-15H,12H2. The number of ketones is 1. The zero-order valence-corrected chi connectivity index (χ0v) is 18.9. The molecule has 0 fully saturated rings. The summed E-state index contributed by atoms with van der Waals surface area (Å²) in [5.41, 5.74) is 5.25. The van der Waals surface area contributed by atoms with Crippen molar-refractivity contribution in [1.82, 2.24) is 29.0 Å². The molecule has 0 aliphatic heterocycles. The van der Waals surface area contributed by atoms with E-state index in [4.69, 9.17) is 21.7 Å². The van der Waals surface area contributed by atoms with Crippen molar-refractivity contribution in [1.29, 1.82) is 0 Å². The summed E-state index contributed by atoms with van der Waals surface area (Å²) in [6.45, 7) is 0. The fourth-order valence-corrected chi connectivity index (χ4v) is 4.20. The molecule has 0 saturated heterocycles. The van der Waals surface area contributed by atoms with Crippen molar-refractivity contribution in [3.63, 3.8) is 0 Å². The van der Waals surface area contributed by atoms with E-state index in [2.05, 4.69) is 9.97 Å². The van der Waals surface area contributed by atoms with Gasteiger partial charge >= 0.3 is 0 Å². The summed E-state index contributed by atoms with van der Waals surface area (Å²) >= 11 is 5.96. The van der Waals surface area contributed by atoms with Gasteiger partial charge in [0.25, 0.3) is 0 Å². The molecule has 0 bridgehead atoms. The SMILES string of the molecule is O=C(Cc1cn2nc(-c3c(-c4ccc(F)cc4)nc4ccccn34)ccc2n1)c1cncc(Cl)c1. The quantitative estimate of drug-likeness (QED) is 0.311. The third kappa shape index (κ3) is 3.94. The number of benzene rings is 1. The second kappa shape index (κ2) is 8.41. The summed E-state index contributed by atoms with van der Waals surface area (Å²) in [6.07, 6.45) is 6.71. The van der Waals surface area contributed by atoms with Crippen molar-refractivity contribution < 1.29 is 9.18 Å². The highest BCUT2D eigenvalue weighted by Crippen LogP contribution is 2.32. The minimum absolute atomic E-state index is 0.0944. The van der Waals surface area contributed by atoms with Gasteiger partial charge in [-0.05, 0) is 54.6 Å². The number of rotatable bonds is 5. The fraction of sp³-hybridized carbons (Fsp3) is 0.0385. The molecule has 0 N–H and O–H groups in total. The van der Waals surface area contributed by atoms with E-state index in [1.165, 1.54) is 24.5 Å². The lowest BCUT2D eigenvalue weighted by molar-refractivity contribution is 0.0991. The summed E-state index contributed by atoms with van der Waals surface area (Å²) < 4.78 is 17.1. The highest BCUT2D eigenvalue weighted by Gasteiger charge is 2.18. The van der Waals surface area contributed by atoms with Crippen LogP contribution in [0.4, 0.5) is 4.39 Å². The van der Waals surface area contributed by atoms with Gasteiger partial charge in [0.05, 0.1) is 29.0 Å². The van der Waals surface area contributed by atoms with Crippen LogP contribution in [0.3, 0.4) is 0 Å².